The van der Waals surface area contributed by atoms with Gasteiger partial charge in [0, 0.05) is 13.1 Å². The second-order valence-electron chi connectivity index (χ2n) is 6.55. The number of rotatable bonds is 6. The summed E-state index contributed by atoms with van der Waals surface area (Å²) < 4.78 is 32.6. The molecule has 2 N–H and O–H groups in total. The van der Waals surface area contributed by atoms with Crippen LogP contribution in [0.3, 0.4) is 0 Å². The van der Waals surface area contributed by atoms with Gasteiger partial charge in [-0.1, -0.05) is 30.3 Å². The van der Waals surface area contributed by atoms with Crippen LogP contribution in [0.1, 0.15) is 17.5 Å². The lowest BCUT2D eigenvalue weighted by molar-refractivity contribution is -0.140. The van der Waals surface area contributed by atoms with E-state index in [1.807, 2.05) is 31.2 Å². The summed E-state index contributed by atoms with van der Waals surface area (Å²) in [6.45, 7) is 2.72. The topological polar surface area (TPSA) is 105 Å². The van der Waals surface area contributed by atoms with Crippen molar-refractivity contribution in [3.8, 4) is 0 Å². The molecule has 2 amide bonds. The van der Waals surface area contributed by atoms with Gasteiger partial charge in [0.15, 0.2) is 0 Å². The lowest BCUT2D eigenvalue weighted by atomic mass is 10.1. The van der Waals surface area contributed by atoms with E-state index < -0.39 is 28.1 Å². The molecule has 156 valence electrons. The molecule has 1 atom stereocenters. The van der Waals surface area contributed by atoms with Crippen LogP contribution in [0, 0.1) is 6.92 Å². The van der Waals surface area contributed by atoms with E-state index in [1.54, 1.807) is 11.4 Å². The summed E-state index contributed by atoms with van der Waals surface area (Å²) in [7, 11) is -3.71. The normalized spacial score (nSPS) is 17.6. The lowest BCUT2D eigenvalue weighted by Gasteiger charge is -2.34. The second-order valence-corrected chi connectivity index (χ2v) is 9.61. The molecule has 8 nitrogen and oxygen atoms in total. The highest BCUT2D eigenvalue weighted by molar-refractivity contribution is 7.91. The molecule has 1 fully saturated rings. The number of nitrogens with one attached hydrogen (secondary N) is 2. The van der Waals surface area contributed by atoms with E-state index in [2.05, 4.69) is 10.6 Å². The van der Waals surface area contributed by atoms with Gasteiger partial charge in [-0.15, -0.1) is 11.3 Å². The van der Waals surface area contributed by atoms with Gasteiger partial charge in [-0.3, -0.25) is 9.59 Å². The highest BCUT2D eigenvalue weighted by Crippen LogP contribution is 2.25. The van der Waals surface area contributed by atoms with Crippen molar-refractivity contribution in [1.29, 1.82) is 0 Å². The standard InChI is InChI=1S/C19H23N3O5S2/c1-14-6-2-3-7-15(14)12-20-18(23)19(24)21-13-16-22(9-5-10-27-16)29(25,26)17-8-4-11-28-17/h2-4,6-8,11,16H,5,9-10,12-13H2,1H3,(H,20,23)(H,21,24)/t16-/m1/s1. The highest BCUT2D eigenvalue weighted by Gasteiger charge is 2.35. The van der Waals surface area contributed by atoms with Crippen LogP contribution >= 0.6 is 11.3 Å². The van der Waals surface area contributed by atoms with Crippen LogP contribution in [0.4, 0.5) is 0 Å². The molecule has 1 aromatic heterocycles. The minimum atomic E-state index is -3.71. The van der Waals surface area contributed by atoms with E-state index in [0.717, 1.165) is 22.5 Å². The number of sulfonamides is 1. The molecule has 3 rings (SSSR count). The van der Waals surface area contributed by atoms with Crippen molar-refractivity contribution in [2.24, 2.45) is 0 Å². The fraction of sp³-hybridized carbons (Fsp3) is 0.368. The average Bonchev–Trinajstić information content (AvgIpc) is 3.27. The Kier molecular flexibility index (Phi) is 7.01. The first-order valence-electron chi connectivity index (χ1n) is 9.17. The molecule has 1 saturated heterocycles. The maximum Gasteiger partial charge on any atom is 0.309 e. The van der Waals surface area contributed by atoms with E-state index in [1.165, 1.54) is 10.4 Å². The Bertz CT molecular complexity index is 960. The summed E-state index contributed by atoms with van der Waals surface area (Å²) in [4.78, 5) is 24.2. The molecule has 10 heteroatoms. The zero-order chi connectivity index (χ0) is 20.9. The average molecular weight is 438 g/mol. The molecule has 0 bridgehead atoms. The molecular weight excluding hydrogens is 414 g/mol. The molecule has 1 aliphatic rings. The number of ether oxygens (including phenoxy) is 1. The number of thiophene rings is 1. The molecule has 0 unspecified atom stereocenters. The van der Waals surface area contributed by atoms with Gasteiger partial charge < -0.3 is 15.4 Å². The second kappa shape index (κ2) is 9.49. The minimum Gasteiger partial charge on any atom is -0.360 e. The lowest BCUT2D eigenvalue weighted by Crippen LogP contribution is -2.52. The Morgan fingerprint density at radius 2 is 1.93 bits per heavy atom. The van der Waals surface area contributed by atoms with Crippen molar-refractivity contribution in [3.05, 3.63) is 52.9 Å². The molecule has 0 saturated carbocycles. The van der Waals surface area contributed by atoms with Gasteiger partial charge in [0.05, 0.1) is 13.2 Å². The van der Waals surface area contributed by atoms with Crippen molar-refractivity contribution in [2.45, 2.75) is 30.3 Å². The van der Waals surface area contributed by atoms with Crippen LogP contribution in [0.2, 0.25) is 0 Å². The third kappa shape index (κ3) is 5.21. The molecule has 0 spiro atoms. The molecule has 2 heterocycles. The summed E-state index contributed by atoms with van der Waals surface area (Å²) in [5, 5.41) is 6.73. The van der Waals surface area contributed by atoms with Crippen LogP contribution in [0.5, 0.6) is 0 Å². The summed E-state index contributed by atoms with van der Waals surface area (Å²) >= 11 is 1.12. The summed E-state index contributed by atoms with van der Waals surface area (Å²) in [5.41, 5.74) is 1.93. The molecule has 0 radical (unpaired) electrons. The van der Waals surface area contributed by atoms with E-state index in [-0.39, 0.29) is 17.3 Å². The smallest absolute Gasteiger partial charge is 0.309 e. The number of hydrogen-bond donors (Lipinski definition) is 2. The molecular formula is C19H23N3O5S2. The summed E-state index contributed by atoms with van der Waals surface area (Å²) in [6, 6.07) is 10.7. The van der Waals surface area contributed by atoms with Gasteiger partial charge in [-0.05, 0) is 35.9 Å². The van der Waals surface area contributed by atoms with Crippen molar-refractivity contribution < 1.29 is 22.7 Å². The van der Waals surface area contributed by atoms with Gasteiger partial charge in [0.1, 0.15) is 10.4 Å². The van der Waals surface area contributed by atoms with Crippen molar-refractivity contribution in [3.63, 3.8) is 0 Å². The summed E-state index contributed by atoms with van der Waals surface area (Å²) in [5.74, 6) is -1.61. The Morgan fingerprint density at radius 1 is 1.17 bits per heavy atom. The van der Waals surface area contributed by atoms with Crippen LogP contribution < -0.4 is 10.6 Å². The molecule has 1 aromatic carbocycles. The van der Waals surface area contributed by atoms with Gasteiger partial charge in [0.25, 0.3) is 10.0 Å². The minimum absolute atomic E-state index is 0.110. The van der Waals surface area contributed by atoms with E-state index in [0.29, 0.717) is 19.6 Å². The quantitative estimate of drug-likeness (QED) is 0.662. The van der Waals surface area contributed by atoms with Gasteiger partial charge in [-0.2, -0.15) is 4.31 Å². The molecule has 1 aliphatic heterocycles. The number of carbonyl (C=O) groups is 2. The maximum absolute atomic E-state index is 12.8. The molecule has 29 heavy (non-hydrogen) atoms. The number of amides is 2. The monoisotopic (exact) mass is 437 g/mol. The van der Waals surface area contributed by atoms with Gasteiger partial charge >= 0.3 is 11.8 Å². The number of aryl methyl sites for hydroxylation is 1. The maximum atomic E-state index is 12.8. The first kappa shape index (κ1) is 21.4. The zero-order valence-corrected chi connectivity index (χ0v) is 17.6. The predicted molar refractivity (Wildman–Crippen MR) is 109 cm³/mol. The fourth-order valence-corrected chi connectivity index (χ4v) is 5.64. The molecule has 0 aliphatic carbocycles. The van der Waals surface area contributed by atoms with E-state index in [9.17, 15) is 18.0 Å². The zero-order valence-electron chi connectivity index (χ0n) is 16.0. The Balaban J connectivity index is 1.56. The third-order valence-electron chi connectivity index (χ3n) is 4.56. The van der Waals surface area contributed by atoms with Crippen LogP contribution in [0.15, 0.2) is 46.0 Å². The van der Waals surface area contributed by atoms with Crippen molar-refractivity contribution in [1.82, 2.24) is 14.9 Å². The Morgan fingerprint density at radius 3 is 2.66 bits per heavy atom. The van der Waals surface area contributed by atoms with Crippen LogP contribution in [0.25, 0.3) is 0 Å². The van der Waals surface area contributed by atoms with E-state index >= 15 is 0 Å². The fourth-order valence-electron chi connectivity index (χ4n) is 2.95. The predicted octanol–water partition coefficient (Wildman–Crippen LogP) is 1.23. The third-order valence-corrected chi connectivity index (χ3v) is 7.82. The molecule has 2 aromatic rings. The van der Waals surface area contributed by atoms with Crippen molar-refractivity contribution >= 4 is 33.2 Å². The Labute approximate surface area is 173 Å². The number of nitrogens with zero attached hydrogens (tertiary/aromatic N) is 1. The number of benzene rings is 1. The van der Waals surface area contributed by atoms with E-state index in [4.69, 9.17) is 4.74 Å². The van der Waals surface area contributed by atoms with Crippen LogP contribution in [-0.2, 0) is 30.9 Å². The highest BCUT2D eigenvalue weighted by atomic mass is 32.2. The van der Waals surface area contributed by atoms with Crippen LogP contribution in [-0.4, -0.2) is 50.5 Å². The number of carbonyl (C=O) groups excluding carboxylic acids is 2. The Hall–Kier alpha value is -2.27. The first-order valence-corrected chi connectivity index (χ1v) is 11.5. The van der Waals surface area contributed by atoms with Gasteiger partial charge in [-0.25, -0.2) is 8.42 Å². The largest absolute Gasteiger partial charge is 0.360 e. The number of hydrogen-bond acceptors (Lipinski definition) is 6. The summed E-state index contributed by atoms with van der Waals surface area (Å²) in [6.07, 6.45) is -0.296. The van der Waals surface area contributed by atoms with Crippen molar-refractivity contribution in [2.75, 3.05) is 19.7 Å². The first-order chi connectivity index (χ1) is 13.9. The SMILES string of the molecule is Cc1ccccc1CNC(=O)C(=O)NC[C@H]1OCCCN1S(=O)(=O)c1cccs1. The van der Waals surface area contributed by atoms with Gasteiger partial charge in [0.2, 0.25) is 0 Å².